The van der Waals surface area contributed by atoms with Crippen molar-refractivity contribution in [3.63, 3.8) is 0 Å². The lowest BCUT2D eigenvalue weighted by molar-refractivity contribution is -0.146. The molecule has 29 heavy (non-hydrogen) atoms. The molecule has 6 nitrogen and oxygen atoms in total. The van der Waals surface area contributed by atoms with Crippen molar-refractivity contribution in [3.8, 4) is 0 Å². The number of carbonyl (C=O) groups excluding carboxylic acids is 3. The third kappa shape index (κ3) is 5.13. The molecule has 0 aliphatic rings. The van der Waals surface area contributed by atoms with Crippen LogP contribution >= 0.6 is 0 Å². The first-order valence-corrected chi connectivity index (χ1v) is 8.60. The van der Waals surface area contributed by atoms with E-state index in [9.17, 15) is 23.2 Å². The average molecular weight is 398 g/mol. The van der Waals surface area contributed by atoms with Gasteiger partial charge in [-0.25, -0.2) is 8.78 Å². The van der Waals surface area contributed by atoms with Crippen molar-refractivity contribution in [3.05, 3.63) is 77.9 Å². The van der Waals surface area contributed by atoms with Crippen molar-refractivity contribution < 1.29 is 27.9 Å². The van der Waals surface area contributed by atoms with Gasteiger partial charge in [-0.15, -0.1) is 0 Å². The maximum atomic E-state index is 13.5. The van der Waals surface area contributed by atoms with E-state index in [0.29, 0.717) is 11.8 Å². The van der Waals surface area contributed by atoms with Gasteiger partial charge in [0.25, 0.3) is 11.8 Å². The van der Waals surface area contributed by atoms with Crippen LogP contribution in [0.25, 0.3) is 10.8 Å². The van der Waals surface area contributed by atoms with Crippen molar-refractivity contribution in [1.29, 1.82) is 0 Å². The maximum absolute atomic E-state index is 13.5. The van der Waals surface area contributed by atoms with Gasteiger partial charge < -0.3 is 15.4 Å². The second-order valence-corrected chi connectivity index (χ2v) is 6.04. The zero-order valence-electron chi connectivity index (χ0n) is 15.1. The lowest BCUT2D eigenvalue weighted by atomic mass is 10.1. The molecule has 0 saturated carbocycles. The van der Waals surface area contributed by atoms with Crippen LogP contribution in [0.3, 0.4) is 0 Å². The van der Waals surface area contributed by atoms with Crippen molar-refractivity contribution in [1.82, 2.24) is 5.32 Å². The number of fused-ring (bicyclic) bond motifs is 1. The first-order valence-electron chi connectivity index (χ1n) is 8.60. The quantitative estimate of drug-likeness (QED) is 0.625. The summed E-state index contributed by atoms with van der Waals surface area (Å²) >= 11 is 0. The van der Waals surface area contributed by atoms with E-state index in [1.165, 1.54) is 0 Å². The number of hydrogen-bond donors (Lipinski definition) is 2. The van der Waals surface area contributed by atoms with E-state index in [4.69, 9.17) is 4.74 Å². The standard InChI is InChI=1S/C21H16F2N2O4/c22-14-8-9-16(17(23)10-14)21(28)24-11-20(27)29-12-19(26)25-18-7-3-5-13-4-1-2-6-15(13)18/h1-10H,11-12H2,(H,24,28)(H,25,26). The van der Waals surface area contributed by atoms with Crippen molar-refractivity contribution >= 4 is 34.2 Å². The Bertz CT molecular complexity index is 1080. The van der Waals surface area contributed by atoms with E-state index in [-0.39, 0.29) is 0 Å². The largest absolute Gasteiger partial charge is 0.454 e. The van der Waals surface area contributed by atoms with E-state index in [0.717, 1.165) is 22.9 Å². The van der Waals surface area contributed by atoms with E-state index >= 15 is 0 Å². The molecule has 0 aliphatic heterocycles. The Balaban J connectivity index is 1.49. The summed E-state index contributed by atoms with van der Waals surface area (Å²) in [5, 5.41) is 6.58. The number of amides is 2. The molecule has 0 unspecified atom stereocenters. The summed E-state index contributed by atoms with van der Waals surface area (Å²) < 4.78 is 31.2. The summed E-state index contributed by atoms with van der Waals surface area (Å²) in [7, 11) is 0. The van der Waals surface area contributed by atoms with Crippen molar-refractivity contribution in [2.45, 2.75) is 0 Å². The number of hydrogen-bond acceptors (Lipinski definition) is 4. The normalized spacial score (nSPS) is 10.4. The topological polar surface area (TPSA) is 84.5 Å². The molecule has 0 aliphatic carbocycles. The van der Waals surface area contributed by atoms with E-state index < -0.39 is 48.1 Å². The van der Waals surface area contributed by atoms with Gasteiger partial charge in [-0.1, -0.05) is 36.4 Å². The van der Waals surface area contributed by atoms with Gasteiger partial charge in [0.1, 0.15) is 18.2 Å². The molecule has 2 N–H and O–H groups in total. The third-order valence-electron chi connectivity index (χ3n) is 4.00. The lowest BCUT2D eigenvalue weighted by Crippen LogP contribution is -2.32. The van der Waals surface area contributed by atoms with Gasteiger partial charge in [-0.05, 0) is 23.6 Å². The van der Waals surface area contributed by atoms with Gasteiger partial charge in [-0.3, -0.25) is 14.4 Å². The van der Waals surface area contributed by atoms with Crippen LogP contribution in [-0.2, 0) is 14.3 Å². The number of rotatable bonds is 6. The van der Waals surface area contributed by atoms with E-state index in [1.807, 2.05) is 30.3 Å². The van der Waals surface area contributed by atoms with Crippen LogP contribution in [0.5, 0.6) is 0 Å². The van der Waals surface area contributed by atoms with E-state index in [2.05, 4.69) is 10.6 Å². The van der Waals surface area contributed by atoms with Gasteiger partial charge in [0.05, 0.1) is 5.56 Å². The number of benzene rings is 3. The molecule has 0 atom stereocenters. The Morgan fingerprint density at radius 1 is 0.931 bits per heavy atom. The molecule has 3 aromatic rings. The van der Waals surface area contributed by atoms with Crippen LogP contribution < -0.4 is 10.6 Å². The summed E-state index contributed by atoms with van der Waals surface area (Å²) in [6.45, 7) is -1.12. The number of ether oxygens (including phenoxy) is 1. The second-order valence-electron chi connectivity index (χ2n) is 6.04. The molecule has 8 heteroatoms. The predicted octanol–water partition coefficient (Wildman–Crippen LogP) is 3.03. The number of carbonyl (C=O) groups is 3. The molecule has 0 aromatic heterocycles. The first kappa shape index (κ1) is 19.9. The molecular formula is C21H16F2N2O4. The summed E-state index contributed by atoms with van der Waals surface area (Å²) in [6, 6.07) is 15.3. The van der Waals surface area contributed by atoms with Crippen molar-refractivity contribution in [2.24, 2.45) is 0 Å². The molecule has 0 spiro atoms. The Morgan fingerprint density at radius 2 is 1.69 bits per heavy atom. The summed E-state index contributed by atoms with van der Waals surface area (Å²) in [5.74, 6) is -4.21. The van der Waals surface area contributed by atoms with Crippen LogP contribution in [0, 0.1) is 11.6 Å². The molecule has 0 bridgehead atoms. The molecule has 3 aromatic carbocycles. The SMILES string of the molecule is O=C(COC(=O)CNC(=O)c1ccc(F)cc1F)Nc1cccc2ccccc12. The van der Waals surface area contributed by atoms with E-state index in [1.54, 1.807) is 12.1 Å². The monoisotopic (exact) mass is 398 g/mol. The minimum atomic E-state index is -1.05. The molecule has 148 valence electrons. The fourth-order valence-electron chi connectivity index (χ4n) is 2.64. The molecule has 2 amide bonds. The van der Waals surface area contributed by atoms with Crippen LogP contribution in [0.2, 0.25) is 0 Å². The van der Waals surface area contributed by atoms with Crippen LogP contribution in [0.1, 0.15) is 10.4 Å². The highest BCUT2D eigenvalue weighted by Crippen LogP contribution is 2.22. The summed E-state index contributed by atoms with van der Waals surface area (Å²) in [4.78, 5) is 35.6. The van der Waals surface area contributed by atoms with Gasteiger partial charge in [0, 0.05) is 17.1 Å². The highest BCUT2D eigenvalue weighted by atomic mass is 19.1. The van der Waals surface area contributed by atoms with Gasteiger partial charge in [0.2, 0.25) is 0 Å². The second kappa shape index (κ2) is 8.92. The van der Waals surface area contributed by atoms with Crippen LogP contribution in [0.15, 0.2) is 60.7 Å². The van der Waals surface area contributed by atoms with Gasteiger partial charge in [0.15, 0.2) is 6.61 Å². The highest BCUT2D eigenvalue weighted by molar-refractivity contribution is 6.03. The Hall–Kier alpha value is -3.81. The number of halogens is 2. The number of anilines is 1. The number of nitrogens with one attached hydrogen (secondary N) is 2. The van der Waals surface area contributed by atoms with Crippen LogP contribution in [-0.4, -0.2) is 30.9 Å². The number of esters is 1. The van der Waals surface area contributed by atoms with Crippen LogP contribution in [0.4, 0.5) is 14.5 Å². The minimum absolute atomic E-state index is 0.409. The van der Waals surface area contributed by atoms with Gasteiger partial charge in [-0.2, -0.15) is 0 Å². The Labute approximate surface area is 164 Å². The zero-order valence-corrected chi connectivity index (χ0v) is 15.1. The molecule has 0 saturated heterocycles. The summed E-state index contributed by atoms with van der Waals surface area (Å²) in [6.07, 6.45) is 0. The molecule has 0 radical (unpaired) electrons. The third-order valence-corrected chi connectivity index (χ3v) is 4.00. The maximum Gasteiger partial charge on any atom is 0.325 e. The van der Waals surface area contributed by atoms with Gasteiger partial charge >= 0.3 is 5.97 Å². The zero-order chi connectivity index (χ0) is 20.8. The first-order chi connectivity index (χ1) is 13.9. The molecule has 0 heterocycles. The Morgan fingerprint density at radius 3 is 2.48 bits per heavy atom. The highest BCUT2D eigenvalue weighted by Gasteiger charge is 2.15. The molecule has 3 rings (SSSR count). The summed E-state index contributed by atoms with van der Waals surface area (Å²) in [5.41, 5.74) is 0.164. The fraction of sp³-hybridized carbons (Fsp3) is 0.0952. The lowest BCUT2D eigenvalue weighted by Gasteiger charge is -2.10. The minimum Gasteiger partial charge on any atom is -0.454 e. The van der Waals surface area contributed by atoms with Crippen molar-refractivity contribution in [2.75, 3.05) is 18.5 Å². The fourth-order valence-corrected chi connectivity index (χ4v) is 2.64. The smallest absolute Gasteiger partial charge is 0.325 e. The molecule has 0 fully saturated rings. The average Bonchev–Trinajstić information content (AvgIpc) is 2.71. The molecular weight excluding hydrogens is 382 g/mol. The Kier molecular flexibility index (Phi) is 6.13. The predicted molar refractivity (Wildman–Crippen MR) is 102 cm³/mol.